The summed E-state index contributed by atoms with van der Waals surface area (Å²) in [6, 6.07) is 8.30. The maximum atomic E-state index is 9.54. The van der Waals surface area contributed by atoms with Gasteiger partial charge in [-0.1, -0.05) is 28.1 Å². The Hall–Kier alpha value is -0.460. The Morgan fingerprint density at radius 2 is 2.05 bits per heavy atom. The number of aliphatic hydroxyl groups excluding tert-OH is 1. The SMILES string of the molecule is OCC1(CN2CCOC(c3ccc(Br)cc3)C2)COC1. The minimum Gasteiger partial charge on any atom is -0.396 e. The van der Waals surface area contributed by atoms with Gasteiger partial charge < -0.3 is 14.6 Å². The van der Waals surface area contributed by atoms with Crippen LogP contribution >= 0.6 is 15.9 Å². The molecule has 0 saturated carbocycles. The van der Waals surface area contributed by atoms with Gasteiger partial charge in [0.2, 0.25) is 0 Å². The average molecular weight is 342 g/mol. The Labute approximate surface area is 127 Å². The van der Waals surface area contributed by atoms with Crippen molar-refractivity contribution in [2.75, 3.05) is 46.1 Å². The number of ether oxygens (including phenoxy) is 2. The van der Waals surface area contributed by atoms with Crippen LogP contribution in [0.1, 0.15) is 11.7 Å². The lowest BCUT2D eigenvalue weighted by atomic mass is 9.86. The van der Waals surface area contributed by atoms with E-state index < -0.39 is 0 Å². The molecule has 1 atom stereocenters. The molecule has 5 heteroatoms. The molecule has 0 spiro atoms. The standard InChI is InChI=1S/C15H20BrNO3/c16-13-3-1-12(2-4-13)14-7-17(5-6-20-14)8-15(9-18)10-19-11-15/h1-4,14,18H,5-11H2. The Morgan fingerprint density at radius 1 is 1.30 bits per heavy atom. The molecule has 0 aromatic heterocycles. The van der Waals surface area contributed by atoms with Crippen LogP contribution < -0.4 is 0 Å². The number of aliphatic hydroxyl groups is 1. The van der Waals surface area contributed by atoms with Crippen molar-refractivity contribution < 1.29 is 14.6 Å². The van der Waals surface area contributed by atoms with E-state index in [0.29, 0.717) is 13.2 Å². The van der Waals surface area contributed by atoms with E-state index >= 15 is 0 Å². The van der Waals surface area contributed by atoms with Crippen molar-refractivity contribution in [3.63, 3.8) is 0 Å². The predicted molar refractivity (Wildman–Crippen MR) is 79.6 cm³/mol. The number of hydrogen-bond acceptors (Lipinski definition) is 4. The number of halogens is 1. The highest BCUT2D eigenvalue weighted by Crippen LogP contribution is 2.30. The van der Waals surface area contributed by atoms with Gasteiger partial charge in [-0.15, -0.1) is 0 Å². The van der Waals surface area contributed by atoms with Gasteiger partial charge in [-0.3, -0.25) is 4.90 Å². The van der Waals surface area contributed by atoms with Crippen LogP contribution in [0.3, 0.4) is 0 Å². The maximum absolute atomic E-state index is 9.54. The zero-order valence-electron chi connectivity index (χ0n) is 11.4. The van der Waals surface area contributed by atoms with Crippen molar-refractivity contribution in [1.29, 1.82) is 0 Å². The van der Waals surface area contributed by atoms with Crippen LogP contribution in [0.2, 0.25) is 0 Å². The number of nitrogens with zero attached hydrogens (tertiary/aromatic N) is 1. The largest absolute Gasteiger partial charge is 0.396 e. The molecule has 0 amide bonds. The number of rotatable bonds is 4. The van der Waals surface area contributed by atoms with E-state index in [0.717, 1.165) is 30.7 Å². The van der Waals surface area contributed by atoms with Crippen molar-refractivity contribution in [1.82, 2.24) is 4.90 Å². The molecular formula is C15H20BrNO3. The molecule has 0 aliphatic carbocycles. The summed E-state index contributed by atoms with van der Waals surface area (Å²) in [4.78, 5) is 2.38. The lowest BCUT2D eigenvalue weighted by molar-refractivity contribution is -0.158. The Kier molecular flexibility index (Phi) is 4.43. The summed E-state index contributed by atoms with van der Waals surface area (Å²) in [7, 11) is 0. The first-order chi connectivity index (χ1) is 9.71. The Bertz CT molecular complexity index is 441. The predicted octanol–water partition coefficient (Wildman–Crippen LogP) is 1.83. The minimum absolute atomic E-state index is 0.0540. The third-order valence-electron chi connectivity index (χ3n) is 4.10. The average Bonchev–Trinajstić information content (AvgIpc) is 2.44. The molecule has 3 rings (SSSR count). The van der Waals surface area contributed by atoms with Gasteiger partial charge in [0.05, 0.1) is 37.9 Å². The van der Waals surface area contributed by atoms with Crippen LogP contribution in [0.15, 0.2) is 28.7 Å². The van der Waals surface area contributed by atoms with Crippen LogP contribution in [0, 0.1) is 5.41 Å². The summed E-state index contributed by atoms with van der Waals surface area (Å²) in [6.45, 7) is 4.97. The summed E-state index contributed by atoms with van der Waals surface area (Å²) >= 11 is 3.45. The van der Waals surface area contributed by atoms with Crippen molar-refractivity contribution in [2.45, 2.75) is 6.10 Å². The molecule has 0 bridgehead atoms. The lowest BCUT2D eigenvalue weighted by Gasteiger charge is -2.45. The summed E-state index contributed by atoms with van der Waals surface area (Å²) in [5, 5.41) is 9.54. The van der Waals surface area contributed by atoms with Gasteiger partial charge in [0.15, 0.2) is 0 Å². The van der Waals surface area contributed by atoms with Crippen molar-refractivity contribution in [3.05, 3.63) is 34.3 Å². The van der Waals surface area contributed by atoms with Crippen molar-refractivity contribution >= 4 is 15.9 Å². The molecule has 2 heterocycles. The van der Waals surface area contributed by atoms with E-state index in [1.54, 1.807) is 0 Å². The van der Waals surface area contributed by atoms with E-state index in [9.17, 15) is 5.11 Å². The van der Waals surface area contributed by atoms with Gasteiger partial charge >= 0.3 is 0 Å². The number of hydrogen-bond donors (Lipinski definition) is 1. The molecule has 2 aliphatic rings. The van der Waals surface area contributed by atoms with Crippen LogP contribution in [-0.4, -0.2) is 56.1 Å². The molecule has 110 valence electrons. The van der Waals surface area contributed by atoms with Crippen molar-refractivity contribution in [2.24, 2.45) is 5.41 Å². The van der Waals surface area contributed by atoms with Gasteiger partial charge in [-0.2, -0.15) is 0 Å². The molecule has 2 aliphatic heterocycles. The quantitative estimate of drug-likeness (QED) is 0.907. The Balaban J connectivity index is 1.63. The minimum atomic E-state index is -0.0540. The molecule has 1 aromatic carbocycles. The summed E-state index contributed by atoms with van der Waals surface area (Å²) in [6.07, 6.45) is 0.119. The second kappa shape index (κ2) is 6.12. The molecular weight excluding hydrogens is 322 g/mol. The zero-order valence-corrected chi connectivity index (χ0v) is 13.0. The topological polar surface area (TPSA) is 41.9 Å². The maximum Gasteiger partial charge on any atom is 0.0952 e. The van der Waals surface area contributed by atoms with Crippen LogP contribution in [0.25, 0.3) is 0 Å². The van der Waals surface area contributed by atoms with Gasteiger partial charge in [0, 0.05) is 24.1 Å². The fraction of sp³-hybridized carbons (Fsp3) is 0.600. The van der Waals surface area contributed by atoms with E-state index in [1.165, 1.54) is 5.56 Å². The number of benzene rings is 1. The fourth-order valence-electron chi connectivity index (χ4n) is 2.82. The molecule has 0 radical (unpaired) electrons. The summed E-state index contributed by atoms with van der Waals surface area (Å²) < 4.78 is 12.2. The van der Waals surface area contributed by atoms with E-state index in [1.807, 2.05) is 12.1 Å². The van der Waals surface area contributed by atoms with Crippen LogP contribution in [0.5, 0.6) is 0 Å². The third kappa shape index (κ3) is 3.07. The van der Waals surface area contributed by atoms with E-state index in [-0.39, 0.29) is 18.1 Å². The highest BCUT2D eigenvalue weighted by Gasteiger charge is 2.40. The van der Waals surface area contributed by atoms with Gasteiger partial charge in [0.25, 0.3) is 0 Å². The third-order valence-corrected chi connectivity index (χ3v) is 4.63. The first-order valence-corrected chi connectivity index (χ1v) is 7.78. The second-order valence-corrected chi connectivity index (χ2v) is 6.71. The lowest BCUT2D eigenvalue weighted by Crippen LogP contribution is -2.55. The normalized spacial score (nSPS) is 26.2. The van der Waals surface area contributed by atoms with Crippen LogP contribution in [0.4, 0.5) is 0 Å². The number of morpholine rings is 1. The van der Waals surface area contributed by atoms with Crippen molar-refractivity contribution in [3.8, 4) is 0 Å². The molecule has 4 nitrogen and oxygen atoms in total. The first kappa shape index (κ1) is 14.5. The molecule has 2 saturated heterocycles. The van der Waals surface area contributed by atoms with E-state index in [4.69, 9.17) is 9.47 Å². The molecule has 1 N–H and O–H groups in total. The molecule has 20 heavy (non-hydrogen) atoms. The van der Waals surface area contributed by atoms with E-state index in [2.05, 4.69) is 33.0 Å². The fourth-order valence-corrected chi connectivity index (χ4v) is 3.09. The molecule has 1 unspecified atom stereocenters. The van der Waals surface area contributed by atoms with Crippen LogP contribution in [-0.2, 0) is 9.47 Å². The monoisotopic (exact) mass is 341 g/mol. The highest BCUT2D eigenvalue weighted by atomic mass is 79.9. The molecule has 1 aromatic rings. The zero-order chi connectivity index (χ0) is 14.0. The van der Waals surface area contributed by atoms with Gasteiger partial charge in [0.1, 0.15) is 0 Å². The second-order valence-electron chi connectivity index (χ2n) is 5.80. The molecule has 2 fully saturated rings. The highest BCUT2D eigenvalue weighted by molar-refractivity contribution is 9.10. The summed E-state index contributed by atoms with van der Waals surface area (Å²) in [5.41, 5.74) is 1.16. The van der Waals surface area contributed by atoms with Gasteiger partial charge in [-0.05, 0) is 17.7 Å². The van der Waals surface area contributed by atoms with Gasteiger partial charge in [-0.25, -0.2) is 0 Å². The summed E-state index contributed by atoms with van der Waals surface area (Å²) in [5.74, 6) is 0. The first-order valence-electron chi connectivity index (χ1n) is 6.99. The smallest absolute Gasteiger partial charge is 0.0952 e. The Morgan fingerprint density at radius 3 is 2.65 bits per heavy atom.